The van der Waals surface area contributed by atoms with Crippen LogP contribution >= 0.6 is 0 Å². The van der Waals surface area contributed by atoms with Gasteiger partial charge in [0.05, 0.1) is 11.7 Å². The largest absolute Gasteiger partial charge is 1.00 e. The van der Waals surface area contributed by atoms with Gasteiger partial charge in [-0.05, 0) is 6.92 Å². The van der Waals surface area contributed by atoms with Crippen molar-refractivity contribution in [1.29, 1.82) is 0 Å². The number of aliphatic carboxylic acids is 1. The summed E-state index contributed by atoms with van der Waals surface area (Å²) in [6.07, 6.45) is 0. The zero-order valence-electron chi connectivity index (χ0n) is 5.21. The van der Waals surface area contributed by atoms with E-state index in [4.69, 9.17) is 5.21 Å². The van der Waals surface area contributed by atoms with E-state index in [-0.39, 0.29) is 35.0 Å². The Kier molecular flexibility index (Phi) is 14.0. The summed E-state index contributed by atoms with van der Waals surface area (Å²) in [5, 5.41) is 19.5. The summed E-state index contributed by atoms with van der Waals surface area (Å²) in [6.45, 7) is 1.13. The number of carbonyl (C=O) groups is 1. The molecule has 0 aliphatic heterocycles. The fourth-order valence-corrected chi connectivity index (χ4v) is 0.0408. The number of hydrogen-bond donors (Lipinski definition) is 1. The van der Waals surface area contributed by atoms with E-state index in [9.17, 15) is 9.90 Å². The average molecular weight is 143 g/mol. The van der Waals surface area contributed by atoms with Crippen molar-refractivity contribution >= 4 is 11.7 Å². The fourth-order valence-electron chi connectivity index (χ4n) is 0.0408. The summed E-state index contributed by atoms with van der Waals surface area (Å²) in [5.41, 5.74) is -0.417. The van der Waals surface area contributed by atoms with Crippen LogP contribution in [0, 0.1) is 0 Å². The van der Waals surface area contributed by atoms with E-state index in [0.29, 0.717) is 0 Å². The molecule has 0 saturated carbocycles. The van der Waals surface area contributed by atoms with Gasteiger partial charge in [0.15, 0.2) is 0 Å². The van der Waals surface area contributed by atoms with E-state index < -0.39 is 11.7 Å². The van der Waals surface area contributed by atoms with Crippen LogP contribution in [0.3, 0.4) is 0 Å². The molecule has 0 heterocycles. The molecule has 0 amide bonds. The number of hydrogen-bond acceptors (Lipinski definition) is 4. The Bertz CT molecular complexity index is 112. The van der Waals surface area contributed by atoms with Gasteiger partial charge in [-0.3, -0.25) is 0 Å². The molecule has 0 aliphatic carbocycles. The molecule has 48 valence electrons. The fraction of sp³-hybridized carbons (Fsp3) is 0.333. The molecule has 3 N–H and O–H groups in total. The predicted molar refractivity (Wildman–Crippen MR) is 23.5 cm³/mol. The third kappa shape index (κ3) is 7.90. The van der Waals surface area contributed by atoms with E-state index >= 15 is 0 Å². The minimum absolute atomic E-state index is 0. The molecular formula is C3H6NNaO4. The molecule has 0 saturated heterocycles. The second kappa shape index (κ2) is 7.90. The second-order valence-electron chi connectivity index (χ2n) is 0.973. The number of rotatable bonds is 1. The summed E-state index contributed by atoms with van der Waals surface area (Å²) in [4.78, 5) is 9.53. The third-order valence-corrected chi connectivity index (χ3v) is 0.445. The molecule has 0 aromatic rings. The Morgan fingerprint density at radius 2 is 2.00 bits per heavy atom. The molecule has 5 nitrogen and oxygen atoms in total. The van der Waals surface area contributed by atoms with Crippen molar-refractivity contribution in [2.24, 2.45) is 5.16 Å². The zero-order valence-corrected chi connectivity index (χ0v) is 7.21. The predicted octanol–water partition coefficient (Wildman–Crippen LogP) is -5.23. The molecule has 0 spiro atoms. The van der Waals surface area contributed by atoms with Gasteiger partial charge in [-0.15, -0.1) is 0 Å². The van der Waals surface area contributed by atoms with Gasteiger partial charge < -0.3 is 20.6 Å². The molecular weight excluding hydrogens is 137 g/mol. The van der Waals surface area contributed by atoms with Crippen molar-refractivity contribution in [1.82, 2.24) is 0 Å². The number of carboxylic acids is 1. The van der Waals surface area contributed by atoms with Gasteiger partial charge in [0, 0.05) is 0 Å². The van der Waals surface area contributed by atoms with Crippen LogP contribution in [0.15, 0.2) is 5.16 Å². The second-order valence-corrected chi connectivity index (χ2v) is 0.973. The first-order valence-electron chi connectivity index (χ1n) is 1.58. The molecule has 0 bridgehead atoms. The standard InChI is InChI=1S/C3H5NO3.Na.H2O/c1-2(4-7)3(5)6;;/h7H,1H3,(H,5,6);;1H2/q;+1;/p-1. The maximum atomic E-state index is 9.53. The number of carboxylic acid groups (broad SMARTS) is 1. The van der Waals surface area contributed by atoms with Crippen molar-refractivity contribution < 1.29 is 50.1 Å². The molecule has 0 rings (SSSR count). The number of oxime groups is 1. The van der Waals surface area contributed by atoms with Crippen molar-refractivity contribution in [2.75, 3.05) is 0 Å². The summed E-state index contributed by atoms with van der Waals surface area (Å²) in [7, 11) is 0. The first-order valence-corrected chi connectivity index (χ1v) is 1.58. The van der Waals surface area contributed by atoms with Crippen LogP contribution in [-0.4, -0.2) is 22.4 Å². The molecule has 0 fully saturated rings. The Hall–Kier alpha value is -0.100. The molecule has 0 aromatic carbocycles. The summed E-state index contributed by atoms with van der Waals surface area (Å²) in [5.74, 6) is -1.46. The van der Waals surface area contributed by atoms with Gasteiger partial charge in [-0.2, -0.15) is 0 Å². The van der Waals surface area contributed by atoms with Crippen LogP contribution < -0.4 is 34.7 Å². The van der Waals surface area contributed by atoms with E-state index in [2.05, 4.69) is 5.16 Å². The Morgan fingerprint density at radius 3 is 2.00 bits per heavy atom. The first kappa shape index (κ1) is 16.0. The van der Waals surface area contributed by atoms with Gasteiger partial charge in [0.25, 0.3) is 0 Å². The van der Waals surface area contributed by atoms with Crippen molar-refractivity contribution in [3.8, 4) is 0 Å². The molecule has 0 atom stereocenters. The SMILES string of the molecule is CC(=NO)C(=O)[O-].O.[Na+]. The van der Waals surface area contributed by atoms with E-state index in [0.717, 1.165) is 6.92 Å². The van der Waals surface area contributed by atoms with E-state index in [1.807, 2.05) is 0 Å². The van der Waals surface area contributed by atoms with Crippen molar-refractivity contribution in [2.45, 2.75) is 6.92 Å². The Labute approximate surface area is 74.0 Å². The average Bonchev–Trinajstić information content (AvgIpc) is 1.65. The van der Waals surface area contributed by atoms with Crippen LogP contribution in [0.2, 0.25) is 0 Å². The zero-order chi connectivity index (χ0) is 5.86. The van der Waals surface area contributed by atoms with Gasteiger partial charge in [-0.25, -0.2) is 0 Å². The van der Waals surface area contributed by atoms with Crippen LogP contribution in [-0.2, 0) is 4.79 Å². The Balaban J connectivity index is -0.000000180. The number of nitrogens with zero attached hydrogens (tertiary/aromatic N) is 1. The molecule has 0 aliphatic rings. The Morgan fingerprint density at radius 1 is 1.67 bits per heavy atom. The van der Waals surface area contributed by atoms with Crippen LogP contribution in [0.1, 0.15) is 6.92 Å². The molecule has 9 heavy (non-hydrogen) atoms. The monoisotopic (exact) mass is 143 g/mol. The van der Waals surface area contributed by atoms with Gasteiger partial charge >= 0.3 is 29.6 Å². The molecule has 6 heteroatoms. The smallest absolute Gasteiger partial charge is 0.543 e. The van der Waals surface area contributed by atoms with Crippen molar-refractivity contribution in [3.05, 3.63) is 0 Å². The summed E-state index contributed by atoms with van der Waals surface area (Å²) >= 11 is 0. The topological polar surface area (TPSA) is 104 Å². The van der Waals surface area contributed by atoms with Crippen LogP contribution in [0.4, 0.5) is 0 Å². The maximum Gasteiger partial charge on any atom is 1.00 e. The summed E-state index contributed by atoms with van der Waals surface area (Å²) < 4.78 is 0. The maximum absolute atomic E-state index is 9.53. The normalized spacial score (nSPS) is 8.78. The van der Waals surface area contributed by atoms with E-state index in [1.165, 1.54) is 0 Å². The minimum atomic E-state index is -1.46. The van der Waals surface area contributed by atoms with Gasteiger partial charge in [0.1, 0.15) is 0 Å². The van der Waals surface area contributed by atoms with Crippen LogP contribution in [0.5, 0.6) is 0 Å². The quantitative estimate of drug-likeness (QED) is 0.171. The first-order chi connectivity index (χ1) is 3.18. The number of carbonyl (C=O) groups excluding carboxylic acids is 1. The van der Waals surface area contributed by atoms with Gasteiger partial charge in [0.2, 0.25) is 0 Å². The van der Waals surface area contributed by atoms with Crippen LogP contribution in [0.25, 0.3) is 0 Å². The molecule has 0 radical (unpaired) electrons. The molecule has 0 aromatic heterocycles. The minimum Gasteiger partial charge on any atom is -0.543 e. The summed E-state index contributed by atoms with van der Waals surface area (Å²) in [6, 6.07) is 0. The van der Waals surface area contributed by atoms with E-state index in [1.54, 1.807) is 0 Å². The molecule has 0 unspecified atom stereocenters. The van der Waals surface area contributed by atoms with Crippen molar-refractivity contribution in [3.63, 3.8) is 0 Å². The third-order valence-electron chi connectivity index (χ3n) is 0.445. The van der Waals surface area contributed by atoms with Gasteiger partial charge in [-0.1, -0.05) is 5.16 Å².